The molecular weight excluding hydrogens is 410 g/mol. The summed E-state index contributed by atoms with van der Waals surface area (Å²) in [4.78, 5) is 34.4. The Hall–Kier alpha value is -3.22. The number of nitro benzene ring substituents is 1. The fourth-order valence-corrected chi connectivity index (χ4v) is 3.21. The summed E-state index contributed by atoms with van der Waals surface area (Å²) >= 11 is 0. The van der Waals surface area contributed by atoms with Gasteiger partial charge < -0.3 is 9.47 Å². The minimum Gasteiger partial charge on any atom is -0.462 e. The van der Waals surface area contributed by atoms with Crippen molar-refractivity contribution in [1.82, 2.24) is 0 Å². The average Bonchev–Trinajstić information content (AvgIpc) is 2.80. The number of hydrogen-bond donors (Lipinski definition) is 0. The Morgan fingerprint density at radius 3 is 1.81 bits per heavy atom. The van der Waals surface area contributed by atoms with Crippen molar-refractivity contribution in [2.75, 3.05) is 6.61 Å². The second-order valence-corrected chi connectivity index (χ2v) is 7.68. The highest BCUT2D eigenvalue weighted by atomic mass is 16.6. The highest BCUT2D eigenvalue weighted by Crippen LogP contribution is 2.17. The second-order valence-electron chi connectivity index (χ2n) is 7.68. The van der Waals surface area contributed by atoms with Gasteiger partial charge in [-0.2, -0.15) is 0 Å². The molecule has 0 unspecified atom stereocenters. The van der Waals surface area contributed by atoms with Crippen molar-refractivity contribution < 1.29 is 24.0 Å². The molecule has 0 aliphatic rings. The van der Waals surface area contributed by atoms with Crippen LogP contribution < -0.4 is 4.74 Å². The van der Waals surface area contributed by atoms with Crippen LogP contribution in [0.5, 0.6) is 5.75 Å². The van der Waals surface area contributed by atoms with Gasteiger partial charge >= 0.3 is 11.9 Å². The summed E-state index contributed by atoms with van der Waals surface area (Å²) in [5, 5.41) is 10.7. The standard InChI is InChI=1S/C25H31NO6/c1-2-3-4-5-6-7-8-9-10-19-31-24(27)20-13-17-23(18-14-20)32-25(28)21-11-15-22(16-12-21)26(29)30/h11-18H,2-10,19H2,1H3. The fourth-order valence-electron chi connectivity index (χ4n) is 3.21. The van der Waals surface area contributed by atoms with Crippen LogP contribution in [-0.2, 0) is 4.74 Å². The van der Waals surface area contributed by atoms with Gasteiger partial charge in [0.2, 0.25) is 0 Å². The second kappa shape index (κ2) is 14.0. The van der Waals surface area contributed by atoms with Crippen LogP contribution in [0.1, 0.15) is 85.4 Å². The van der Waals surface area contributed by atoms with Gasteiger partial charge in [-0.15, -0.1) is 0 Å². The zero-order chi connectivity index (χ0) is 23.2. The molecular formula is C25H31NO6. The van der Waals surface area contributed by atoms with Gasteiger partial charge in [0, 0.05) is 12.1 Å². The minimum atomic E-state index is -0.638. The smallest absolute Gasteiger partial charge is 0.343 e. The molecule has 0 atom stereocenters. The monoisotopic (exact) mass is 441 g/mol. The fraction of sp³-hybridized carbons (Fsp3) is 0.440. The highest BCUT2D eigenvalue weighted by molar-refractivity contribution is 5.92. The number of carbonyl (C=O) groups excluding carboxylic acids is 2. The largest absolute Gasteiger partial charge is 0.462 e. The Morgan fingerprint density at radius 2 is 1.25 bits per heavy atom. The third-order valence-corrected chi connectivity index (χ3v) is 5.10. The minimum absolute atomic E-state index is 0.105. The molecule has 7 nitrogen and oxygen atoms in total. The third-order valence-electron chi connectivity index (χ3n) is 5.10. The number of unbranched alkanes of at least 4 members (excludes halogenated alkanes) is 8. The molecule has 0 aliphatic carbocycles. The van der Waals surface area contributed by atoms with E-state index in [1.807, 2.05) is 0 Å². The first-order valence-electron chi connectivity index (χ1n) is 11.2. The molecule has 0 saturated carbocycles. The van der Waals surface area contributed by atoms with Gasteiger partial charge in [0.15, 0.2) is 0 Å². The summed E-state index contributed by atoms with van der Waals surface area (Å²) in [6, 6.07) is 11.2. The maximum absolute atomic E-state index is 12.1. The number of ether oxygens (including phenoxy) is 2. The van der Waals surface area contributed by atoms with Crippen LogP contribution >= 0.6 is 0 Å². The van der Waals surface area contributed by atoms with Crippen LogP contribution in [0.15, 0.2) is 48.5 Å². The molecule has 0 amide bonds. The summed E-state index contributed by atoms with van der Waals surface area (Å²) in [7, 11) is 0. The topological polar surface area (TPSA) is 95.7 Å². The number of benzene rings is 2. The first-order chi connectivity index (χ1) is 15.5. The van der Waals surface area contributed by atoms with E-state index in [1.54, 1.807) is 0 Å². The molecule has 2 rings (SSSR count). The Bertz CT molecular complexity index is 861. The Balaban J connectivity index is 1.67. The van der Waals surface area contributed by atoms with E-state index in [2.05, 4.69) is 6.92 Å². The first kappa shape index (κ1) is 25.0. The van der Waals surface area contributed by atoms with Crippen LogP contribution in [0.25, 0.3) is 0 Å². The maximum atomic E-state index is 12.1. The van der Waals surface area contributed by atoms with Crippen LogP contribution in [-0.4, -0.2) is 23.5 Å². The van der Waals surface area contributed by atoms with Gasteiger partial charge in [0.25, 0.3) is 5.69 Å². The zero-order valence-corrected chi connectivity index (χ0v) is 18.6. The first-order valence-corrected chi connectivity index (χ1v) is 11.2. The number of nitro groups is 1. The van der Waals surface area contributed by atoms with Crippen molar-refractivity contribution in [3.05, 3.63) is 69.8 Å². The van der Waals surface area contributed by atoms with Gasteiger partial charge in [-0.05, 0) is 42.8 Å². The van der Waals surface area contributed by atoms with E-state index in [0.717, 1.165) is 12.8 Å². The Morgan fingerprint density at radius 1 is 0.750 bits per heavy atom. The highest BCUT2D eigenvalue weighted by Gasteiger charge is 2.13. The lowest BCUT2D eigenvalue weighted by atomic mass is 10.1. The Labute approximate surface area is 188 Å². The van der Waals surface area contributed by atoms with Crippen LogP contribution in [0.4, 0.5) is 5.69 Å². The maximum Gasteiger partial charge on any atom is 0.343 e. The molecule has 7 heteroatoms. The molecule has 172 valence electrons. The zero-order valence-electron chi connectivity index (χ0n) is 18.6. The number of esters is 2. The lowest BCUT2D eigenvalue weighted by Gasteiger charge is -2.07. The van der Waals surface area contributed by atoms with Gasteiger partial charge in [-0.25, -0.2) is 9.59 Å². The number of rotatable bonds is 14. The van der Waals surface area contributed by atoms with E-state index >= 15 is 0 Å². The predicted molar refractivity (Wildman–Crippen MR) is 122 cm³/mol. The number of nitrogens with zero attached hydrogens (tertiary/aromatic N) is 1. The third kappa shape index (κ3) is 8.88. The van der Waals surface area contributed by atoms with E-state index in [9.17, 15) is 19.7 Å². The normalized spacial score (nSPS) is 10.5. The molecule has 0 aromatic heterocycles. The quantitative estimate of drug-likeness (QED) is 0.109. The van der Waals surface area contributed by atoms with E-state index < -0.39 is 16.9 Å². The molecule has 0 radical (unpaired) electrons. The molecule has 0 N–H and O–H groups in total. The predicted octanol–water partition coefficient (Wildman–Crippen LogP) is 6.50. The van der Waals surface area contributed by atoms with Gasteiger partial charge in [-0.3, -0.25) is 10.1 Å². The molecule has 0 fully saturated rings. The summed E-state index contributed by atoms with van der Waals surface area (Å²) < 4.78 is 10.5. The molecule has 2 aromatic rings. The van der Waals surface area contributed by atoms with Gasteiger partial charge in [0.1, 0.15) is 5.75 Å². The molecule has 2 aromatic carbocycles. The molecule has 0 spiro atoms. The lowest BCUT2D eigenvalue weighted by Crippen LogP contribution is -2.09. The van der Waals surface area contributed by atoms with E-state index in [1.165, 1.54) is 93.5 Å². The SMILES string of the molecule is CCCCCCCCCCCOC(=O)c1ccc(OC(=O)c2ccc([N+](=O)[O-])cc2)cc1. The van der Waals surface area contributed by atoms with Crippen molar-refractivity contribution in [1.29, 1.82) is 0 Å². The van der Waals surface area contributed by atoms with Crippen LogP contribution in [0, 0.1) is 10.1 Å². The lowest BCUT2D eigenvalue weighted by molar-refractivity contribution is -0.384. The van der Waals surface area contributed by atoms with Crippen molar-refractivity contribution in [2.45, 2.75) is 64.7 Å². The summed E-state index contributed by atoms with van der Waals surface area (Å²) in [6.07, 6.45) is 10.8. The van der Waals surface area contributed by atoms with Gasteiger partial charge in [0.05, 0.1) is 22.7 Å². The summed E-state index contributed by atoms with van der Waals surface area (Å²) in [5.41, 5.74) is 0.475. The average molecular weight is 442 g/mol. The molecule has 0 aliphatic heterocycles. The summed E-state index contributed by atoms with van der Waals surface area (Å²) in [5.74, 6) is -0.776. The Kier molecular flexibility index (Phi) is 10.9. The van der Waals surface area contributed by atoms with Crippen molar-refractivity contribution in [2.24, 2.45) is 0 Å². The van der Waals surface area contributed by atoms with E-state index in [4.69, 9.17) is 9.47 Å². The van der Waals surface area contributed by atoms with Crippen LogP contribution in [0.3, 0.4) is 0 Å². The number of carbonyl (C=O) groups is 2. The summed E-state index contributed by atoms with van der Waals surface area (Å²) in [6.45, 7) is 2.61. The van der Waals surface area contributed by atoms with Gasteiger partial charge in [-0.1, -0.05) is 58.3 Å². The number of hydrogen-bond acceptors (Lipinski definition) is 6. The van der Waals surface area contributed by atoms with Crippen LogP contribution in [0.2, 0.25) is 0 Å². The van der Waals surface area contributed by atoms with Crippen molar-refractivity contribution >= 4 is 17.6 Å². The van der Waals surface area contributed by atoms with E-state index in [-0.39, 0.29) is 17.0 Å². The molecule has 32 heavy (non-hydrogen) atoms. The molecule has 0 saturated heterocycles. The van der Waals surface area contributed by atoms with E-state index in [0.29, 0.717) is 12.2 Å². The molecule has 0 heterocycles. The van der Waals surface area contributed by atoms with Crippen molar-refractivity contribution in [3.63, 3.8) is 0 Å². The number of non-ortho nitro benzene ring substituents is 1. The molecule has 0 bridgehead atoms. The van der Waals surface area contributed by atoms with Crippen molar-refractivity contribution in [3.8, 4) is 5.75 Å².